The predicted octanol–water partition coefficient (Wildman–Crippen LogP) is 10.8. The fourth-order valence-electron chi connectivity index (χ4n) is 6.41. The van der Waals surface area contributed by atoms with Gasteiger partial charge in [0.15, 0.2) is 0 Å². The lowest BCUT2D eigenvalue weighted by Gasteiger charge is -2.18. The van der Waals surface area contributed by atoms with Gasteiger partial charge in [0.25, 0.3) is 0 Å². The van der Waals surface area contributed by atoms with Crippen molar-refractivity contribution in [2.75, 3.05) is 5.43 Å². The average Bonchev–Trinajstić information content (AvgIpc) is 3.14. The second kappa shape index (κ2) is 12.2. The Kier molecular flexibility index (Phi) is 7.29. The quantitative estimate of drug-likeness (QED) is 0.113. The number of aromatic nitrogens is 1. The molecular weight excluding hydrogens is 573 g/mol. The van der Waals surface area contributed by atoms with E-state index in [0.29, 0.717) is 11.4 Å². The van der Waals surface area contributed by atoms with E-state index in [4.69, 9.17) is 5.41 Å². The van der Waals surface area contributed by atoms with Gasteiger partial charge in [-0.3, -0.25) is 15.8 Å². The summed E-state index contributed by atoms with van der Waals surface area (Å²) in [4.78, 5) is 4.23. The fourth-order valence-corrected chi connectivity index (χ4v) is 6.41. The molecule has 2 N–H and O–H groups in total. The van der Waals surface area contributed by atoms with E-state index in [-0.39, 0.29) is 0 Å². The van der Waals surface area contributed by atoms with Crippen molar-refractivity contribution in [3.8, 4) is 33.4 Å². The van der Waals surface area contributed by atoms with Gasteiger partial charge in [0, 0.05) is 18.0 Å². The van der Waals surface area contributed by atoms with Gasteiger partial charge in [-0.25, -0.2) is 0 Å². The first-order valence-electron chi connectivity index (χ1n) is 15.7. The number of benzene rings is 6. The molecule has 1 aliphatic carbocycles. The van der Waals surface area contributed by atoms with Crippen molar-refractivity contribution in [2.45, 2.75) is 0 Å². The highest BCUT2D eigenvalue weighted by molar-refractivity contribution is 6.51. The molecule has 222 valence electrons. The summed E-state index contributed by atoms with van der Waals surface area (Å²) < 4.78 is 0. The van der Waals surface area contributed by atoms with Gasteiger partial charge in [-0.05, 0) is 90.8 Å². The van der Waals surface area contributed by atoms with E-state index in [2.05, 4.69) is 119 Å². The molecule has 1 aliphatic rings. The van der Waals surface area contributed by atoms with E-state index >= 15 is 0 Å². The Bertz CT molecular complexity index is 2310. The Hall–Kier alpha value is -6.39. The zero-order valence-corrected chi connectivity index (χ0v) is 25.6. The molecule has 1 aromatic heterocycles. The molecule has 0 saturated carbocycles. The van der Waals surface area contributed by atoms with E-state index in [1.807, 2.05) is 54.7 Å². The average molecular weight is 603 g/mol. The summed E-state index contributed by atoms with van der Waals surface area (Å²) in [6.45, 7) is 0. The van der Waals surface area contributed by atoms with Gasteiger partial charge in [-0.1, -0.05) is 127 Å². The van der Waals surface area contributed by atoms with Crippen LogP contribution >= 0.6 is 0 Å². The summed E-state index contributed by atoms with van der Waals surface area (Å²) in [5.74, 6) is 0. The molecule has 0 spiro atoms. The zero-order valence-electron chi connectivity index (χ0n) is 25.6. The highest BCUT2D eigenvalue weighted by Gasteiger charge is 2.17. The van der Waals surface area contributed by atoms with Crippen molar-refractivity contribution in [1.29, 1.82) is 5.41 Å². The van der Waals surface area contributed by atoms with Crippen LogP contribution in [-0.2, 0) is 0 Å². The van der Waals surface area contributed by atoms with E-state index in [9.17, 15) is 0 Å². The maximum Gasteiger partial charge on any atom is 0.109 e. The van der Waals surface area contributed by atoms with Crippen LogP contribution in [0.15, 0.2) is 175 Å². The third kappa shape index (κ3) is 5.43. The van der Waals surface area contributed by atoms with Gasteiger partial charge >= 0.3 is 0 Å². The number of hydrogen-bond acceptors (Lipinski definition) is 4. The summed E-state index contributed by atoms with van der Waals surface area (Å²) in [6, 6.07) is 48.8. The number of nitrogens with zero attached hydrogens (tertiary/aromatic N) is 2. The molecule has 0 bridgehead atoms. The van der Waals surface area contributed by atoms with Crippen LogP contribution < -0.4 is 5.43 Å². The zero-order chi connectivity index (χ0) is 31.6. The number of pyridine rings is 1. The van der Waals surface area contributed by atoms with Crippen molar-refractivity contribution in [3.05, 3.63) is 176 Å². The first kappa shape index (κ1) is 28.1. The fraction of sp³-hybridized carbons (Fsp3) is 0. The maximum absolute atomic E-state index is 8.51. The summed E-state index contributed by atoms with van der Waals surface area (Å²) in [5, 5.41) is 18.1. The summed E-state index contributed by atoms with van der Waals surface area (Å²) >= 11 is 0. The van der Waals surface area contributed by atoms with Gasteiger partial charge in [-0.2, -0.15) is 5.10 Å². The molecular formula is C43H30N4. The van der Waals surface area contributed by atoms with E-state index in [0.717, 1.165) is 33.5 Å². The molecule has 0 radical (unpaired) electrons. The molecule has 6 aromatic carbocycles. The van der Waals surface area contributed by atoms with Crippen molar-refractivity contribution in [2.24, 2.45) is 5.10 Å². The van der Waals surface area contributed by atoms with Crippen molar-refractivity contribution in [1.82, 2.24) is 4.98 Å². The highest BCUT2D eigenvalue weighted by Crippen LogP contribution is 2.43. The first-order valence-corrected chi connectivity index (χ1v) is 15.7. The molecule has 8 rings (SSSR count). The minimum Gasteiger partial charge on any atom is -0.299 e. The molecule has 0 saturated heterocycles. The second-order valence-electron chi connectivity index (χ2n) is 11.6. The molecule has 1 heterocycles. The van der Waals surface area contributed by atoms with E-state index in [1.54, 1.807) is 12.3 Å². The summed E-state index contributed by atoms with van der Waals surface area (Å²) in [6.07, 6.45) is 9.37. The predicted molar refractivity (Wildman–Crippen MR) is 198 cm³/mol. The van der Waals surface area contributed by atoms with Crippen LogP contribution in [0.1, 0.15) is 5.56 Å². The van der Waals surface area contributed by atoms with Gasteiger partial charge in [0.2, 0.25) is 0 Å². The monoisotopic (exact) mass is 602 g/mol. The number of hydrazone groups is 1. The topological polar surface area (TPSA) is 61.1 Å². The van der Waals surface area contributed by atoms with Gasteiger partial charge in [0.05, 0.1) is 11.4 Å². The third-order valence-corrected chi connectivity index (χ3v) is 8.66. The molecule has 0 amide bonds. The van der Waals surface area contributed by atoms with Gasteiger partial charge in [0.1, 0.15) is 5.71 Å². The Labute approximate surface area is 273 Å². The summed E-state index contributed by atoms with van der Waals surface area (Å²) in [5.41, 5.74) is 14.0. The lowest BCUT2D eigenvalue weighted by Crippen LogP contribution is -2.13. The molecule has 4 heteroatoms. The van der Waals surface area contributed by atoms with Crippen LogP contribution in [0.3, 0.4) is 0 Å². The summed E-state index contributed by atoms with van der Waals surface area (Å²) in [7, 11) is 0. The normalized spacial score (nSPS) is 13.7. The number of allylic oxidation sites excluding steroid dienone is 4. The highest BCUT2D eigenvalue weighted by atomic mass is 15.3. The Morgan fingerprint density at radius 3 is 1.72 bits per heavy atom. The smallest absolute Gasteiger partial charge is 0.109 e. The van der Waals surface area contributed by atoms with Crippen LogP contribution in [0.4, 0.5) is 5.69 Å². The maximum atomic E-state index is 8.51. The lowest BCUT2D eigenvalue weighted by molar-refractivity contribution is 1.32. The lowest BCUT2D eigenvalue weighted by atomic mass is 9.85. The number of rotatable bonds is 6. The van der Waals surface area contributed by atoms with Crippen molar-refractivity contribution >= 4 is 44.2 Å². The van der Waals surface area contributed by atoms with E-state index in [1.165, 1.54) is 38.2 Å². The molecule has 47 heavy (non-hydrogen) atoms. The number of nitrogens with one attached hydrogen (secondary N) is 2. The van der Waals surface area contributed by atoms with Crippen LogP contribution in [0.5, 0.6) is 0 Å². The van der Waals surface area contributed by atoms with E-state index < -0.39 is 0 Å². The molecule has 0 unspecified atom stereocenters. The number of hydrogen-bond donors (Lipinski definition) is 2. The van der Waals surface area contributed by atoms with Crippen LogP contribution in [-0.4, -0.2) is 16.4 Å². The van der Waals surface area contributed by atoms with Gasteiger partial charge < -0.3 is 0 Å². The third-order valence-electron chi connectivity index (χ3n) is 8.66. The largest absolute Gasteiger partial charge is 0.299 e. The Morgan fingerprint density at radius 1 is 0.511 bits per heavy atom. The van der Waals surface area contributed by atoms with Crippen LogP contribution in [0.25, 0.3) is 60.5 Å². The second-order valence-corrected chi connectivity index (χ2v) is 11.6. The van der Waals surface area contributed by atoms with Crippen molar-refractivity contribution < 1.29 is 0 Å². The van der Waals surface area contributed by atoms with Gasteiger partial charge in [-0.15, -0.1) is 0 Å². The number of anilines is 1. The molecule has 0 aliphatic heterocycles. The molecule has 0 fully saturated rings. The molecule has 4 nitrogen and oxygen atoms in total. The van der Waals surface area contributed by atoms with Crippen LogP contribution in [0.2, 0.25) is 0 Å². The molecule has 7 aromatic rings. The minimum atomic E-state index is 0.359. The first-order chi connectivity index (χ1) is 23.2. The minimum absolute atomic E-state index is 0.359. The SMILES string of the molecule is N=C1C=CC(c2ccc(-c3c4ccccc4c(-c4ccccc4)c4ccccc34)cc2)=C/C1=N/Nc1cccc(-c2cccnc2)c1. The Balaban J connectivity index is 1.14. The number of fused-ring (bicyclic) bond motifs is 2. The van der Waals surface area contributed by atoms with Crippen LogP contribution in [0, 0.1) is 5.41 Å². The molecule has 0 atom stereocenters. The Morgan fingerprint density at radius 2 is 1.09 bits per heavy atom. The standard InChI is InChI=1S/C43H30N4/c44-40-24-23-33(27-41(40)47-46-35-14-8-12-32(26-35)34-13-9-25-45-28-34)29-19-21-31(22-20-29)43-38-17-6-4-15-36(38)42(30-10-2-1-3-11-30)37-16-5-7-18-39(37)43/h1-28,44,46H/b44-40?,47-41-. The van der Waals surface area contributed by atoms with Crippen molar-refractivity contribution in [3.63, 3.8) is 0 Å².